The van der Waals surface area contributed by atoms with Crippen LogP contribution in [-0.4, -0.2) is 23.9 Å². The first kappa shape index (κ1) is 23.2. The summed E-state index contributed by atoms with van der Waals surface area (Å²) in [6.45, 7) is 2.70. The third kappa shape index (κ3) is 5.68. The summed E-state index contributed by atoms with van der Waals surface area (Å²) in [6, 6.07) is 17.2. The van der Waals surface area contributed by atoms with Crippen molar-refractivity contribution in [1.82, 2.24) is 14.9 Å². The van der Waals surface area contributed by atoms with Gasteiger partial charge in [-0.05, 0) is 60.0 Å². The summed E-state index contributed by atoms with van der Waals surface area (Å²) in [5.41, 5.74) is 3.12. The number of hydrogen-bond donors (Lipinski definition) is 2. The predicted octanol–water partition coefficient (Wildman–Crippen LogP) is 4.11. The highest BCUT2D eigenvalue weighted by Gasteiger charge is 2.18. The molecular weight excluding hydrogens is 455 g/mol. The van der Waals surface area contributed by atoms with Crippen molar-refractivity contribution in [2.24, 2.45) is 0 Å². The number of rotatable bonds is 8. The standard InChI is InChI=1S/C25H23FN4O3S/c1-18-5-10-23(34(32,33)29-22-8-6-21(26)7-9-22)14-24(18)25(31)28-15-19-3-2-4-20(13-19)16-30-12-11-27-17-30/h2-14,17,29H,15-16H2,1H3,(H,28,31). The van der Waals surface area contributed by atoms with Crippen LogP contribution in [0.1, 0.15) is 27.0 Å². The van der Waals surface area contributed by atoms with Gasteiger partial charge in [-0.3, -0.25) is 9.52 Å². The number of amides is 1. The monoisotopic (exact) mass is 478 g/mol. The molecule has 0 unspecified atom stereocenters. The van der Waals surface area contributed by atoms with E-state index in [1.165, 1.54) is 24.3 Å². The van der Waals surface area contributed by atoms with Crippen LogP contribution in [0.3, 0.4) is 0 Å². The molecule has 1 heterocycles. The predicted molar refractivity (Wildman–Crippen MR) is 127 cm³/mol. The molecule has 0 radical (unpaired) electrons. The zero-order chi connectivity index (χ0) is 24.1. The maximum atomic E-state index is 13.1. The lowest BCUT2D eigenvalue weighted by Crippen LogP contribution is -2.24. The molecule has 9 heteroatoms. The van der Waals surface area contributed by atoms with E-state index in [0.717, 1.165) is 23.3 Å². The fraction of sp³-hybridized carbons (Fsp3) is 0.120. The lowest BCUT2D eigenvalue weighted by molar-refractivity contribution is 0.0950. The van der Waals surface area contributed by atoms with Gasteiger partial charge in [-0.2, -0.15) is 0 Å². The number of hydrogen-bond acceptors (Lipinski definition) is 4. The molecule has 7 nitrogen and oxygen atoms in total. The van der Waals surface area contributed by atoms with E-state index in [1.807, 2.05) is 35.0 Å². The fourth-order valence-electron chi connectivity index (χ4n) is 3.45. The van der Waals surface area contributed by atoms with E-state index < -0.39 is 15.8 Å². The number of nitrogens with zero attached hydrogens (tertiary/aromatic N) is 2. The van der Waals surface area contributed by atoms with Crippen molar-refractivity contribution >= 4 is 21.6 Å². The molecule has 4 rings (SSSR count). The van der Waals surface area contributed by atoms with Gasteiger partial charge in [0.05, 0.1) is 11.2 Å². The molecule has 0 aliphatic carbocycles. The second-order valence-corrected chi connectivity index (χ2v) is 9.51. The number of sulfonamides is 1. The van der Waals surface area contributed by atoms with Crippen molar-refractivity contribution in [3.63, 3.8) is 0 Å². The van der Waals surface area contributed by atoms with Crippen molar-refractivity contribution in [2.45, 2.75) is 24.9 Å². The van der Waals surface area contributed by atoms with Crippen molar-refractivity contribution in [2.75, 3.05) is 4.72 Å². The first-order valence-electron chi connectivity index (χ1n) is 10.5. The third-order valence-corrected chi connectivity index (χ3v) is 6.61. The van der Waals surface area contributed by atoms with Crippen LogP contribution in [0, 0.1) is 12.7 Å². The fourth-order valence-corrected chi connectivity index (χ4v) is 4.54. The molecule has 0 aliphatic rings. The molecule has 34 heavy (non-hydrogen) atoms. The van der Waals surface area contributed by atoms with Crippen LogP contribution in [0.2, 0.25) is 0 Å². The van der Waals surface area contributed by atoms with Crippen LogP contribution in [0.25, 0.3) is 0 Å². The van der Waals surface area contributed by atoms with Crippen molar-refractivity contribution in [1.29, 1.82) is 0 Å². The Kier molecular flexibility index (Phi) is 6.74. The van der Waals surface area contributed by atoms with Crippen molar-refractivity contribution in [3.05, 3.63) is 114 Å². The molecule has 0 fully saturated rings. The molecule has 1 aromatic heterocycles. The van der Waals surface area contributed by atoms with Gasteiger partial charge in [0.25, 0.3) is 15.9 Å². The van der Waals surface area contributed by atoms with Gasteiger partial charge in [-0.1, -0.05) is 30.3 Å². The van der Waals surface area contributed by atoms with Gasteiger partial charge in [0.2, 0.25) is 0 Å². The topological polar surface area (TPSA) is 93.1 Å². The zero-order valence-corrected chi connectivity index (χ0v) is 19.2. The molecule has 3 aromatic carbocycles. The van der Waals surface area contributed by atoms with Crippen molar-refractivity contribution in [3.8, 4) is 0 Å². The molecule has 2 N–H and O–H groups in total. The summed E-state index contributed by atoms with van der Waals surface area (Å²) < 4.78 is 43.0. The molecule has 4 aromatic rings. The maximum Gasteiger partial charge on any atom is 0.261 e. The van der Waals surface area contributed by atoms with Gasteiger partial charge in [0.15, 0.2) is 0 Å². The molecule has 0 saturated carbocycles. The minimum Gasteiger partial charge on any atom is -0.348 e. The van der Waals surface area contributed by atoms with Crippen LogP contribution in [0.5, 0.6) is 0 Å². The quantitative estimate of drug-likeness (QED) is 0.399. The molecule has 174 valence electrons. The van der Waals surface area contributed by atoms with Gasteiger partial charge in [-0.15, -0.1) is 0 Å². The first-order chi connectivity index (χ1) is 16.3. The highest BCUT2D eigenvalue weighted by atomic mass is 32.2. The number of aryl methyl sites for hydroxylation is 1. The smallest absolute Gasteiger partial charge is 0.261 e. The number of carbonyl (C=O) groups excluding carboxylic acids is 1. The molecule has 0 spiro atoms. The molecular formula is C25H23FN4O3S. The van der Waals surface area contributed by atoms with Crippen LogP contribution in [0.4, 0.5) is 10.1 Å². The highest BCUT2D eigenvalue weighted by Crippen LogP contribution is 2.20. The van der Waals surface area contributed by atoms with E-state index in [0.29, 0.717) is 18.7 Å². The Morgan fingerprint density at radius 3 is 2.53 bits per heavy atom. The lowest BCUT2D eigenvalue weighted by Gasteiger charge is -2.12. The Morgan fingerprint density at radius 2 is 1.79 bits per heavy atom. The number of nitrogens with one attached hydrogen (secondary N) is 2. The molecule has 0 saturated heterocycles. The summed E-state index contributed by atoms with van der Waals surface area (Å²) in [4.78, 5) is 16.9. The van der Waals surface area contributed by atoms with Gasteiger partial charge in [0, 0.05) is 36.7 Å². The summed E-state index contributed by atoms with van der Waals surface area (Å²) in [5, 5.41) is 2.86. The summed E-state index contributed by atoms with van der Waals surface area (Å²) in [5.74, 6) is -0.846. The summed E-state index contributed by atoms with van der Waals surface area (Å²) in [6.07, 6.45) is 5.34. The van der Waals surface area contributed by atoms with E-state index in [4.69, 9.17) is 0 Å². The van der Waals surface area contributed by atoms with E-state index >= 15 is 0 Å². The number of halogens is 1. The van der Waals surface area contributed by atoms with E-state index in [9.17, 15) is 17.6 Å². The molecule has 0 atom stereocenters. The average molecular weight is 479 g/mol. The van der Waals surface area contributed by atoms with E-state index in [1.54, 1.807) is 25.5 Å². The molecule has 0 bridgehead atoms. The number of aromatic nitrogens is 2. The summed E-state index contributed by atoms with van der Waals surface area (Å²) >= 11 is 0. The normalized spacial score (nSPS) is 11.2. The Hall–Kier alpha value is -3.98. The number of carbonyl (C=O) groups is 1. The second-order valence-electron chi connectivity index (χ2n) is 7.83. The Bertz CT molecular complexity index is 1400. The average Bonchev–Trinajstić information content (AvgIpc) is 3.32. The zero-order valence-electron chi connectivity index (χ0n) is 18.4. The SMILES string of the molecule is Cc1ccc(S(=O)(=O)Nc2ccc(F)cc2)cc1C(=O)NCc1cccc(Cn2ccnc2)c1. The van der Waals surface area contributed by atoms with Crippen molar-refractivity contribution < 1.29 is 17.6 Å². The minimum absolute atomic E-state index is 0.0603. The number of benzene rings is 3. The largest absolute Gasteiger partial charge is 0.348 e. The van der Waals surface area contributed by atoms with Crippen LogP contribution >= 0.6 is 0 Å². The van der Waals surface area contributed by atoms with Crippen LogP contribution in [-0.2, 0) is 23.1 Å². The van der Waals surface area contributed by atoms with Gasteiger partial charge in [0.1, 0.15) is 5.82 Å². The Labute approximate surface area is 197 Å². The number of anilines is 1. The van der Waals surface area contributed by atoms with Gasteiger partial charge >= 0.3 is 0 Å². The lowest BCUT2D eigenvalue weighted by atomic mass is 10.1. The van der Waals surface area contributed by atoms with Gasteiger partial charge in [-0.25, -0.2) is 17.8 Å². The molecule has 0 aliphatic heterocycles. The van der Waals surface area contributed by atoms with Crippen LogP contribution < -0.4 is 10.0 Å². The first-order valence-corrected chi connectivity index (χ1v) is 12.0. The molecule has 1 amide bonds. The highest BCUT2D eigenvalue weighted by molar-refractivity contribution is 7.92. The van der Waals surface area contributed by atoms with E-state index in [-0.39, 0.29) is 22.1 Å². The Balaban J connectivity index is 1.46. The number of imidazole rings is 1. The summed E-state index contributed by atoms with van der Waals surface area (Å²) in [7, 11) is -3.96. The second kappa shape index (κ2) is 9.88. The van der Waals surface area contributed by atoms with Gasteiger partial charge < -0.3 is 9.88 Å². The minimum atomic E-state index is -3.96. The third-order valence-electron chi connectivity index (χ3n) is 5.23. The maximum absolute atomic E-state index is 13.1. The Morgan fingerprint density at radius 1 is 1.03 bits per heavy atom. The van der Waals surface area contributed by atoms with Crippen LogP contribution in [0.15, 0.2) is 90.3 Å². The van der Waals surface area contributed by atoms with E-state index in [2.05, 4.69) is 15.0 Å².